The summed E-state index contributed by atoms with van der Waals surface area (Å²) in [6, 6.07) is 6.40. The van der Waals surface area contributed by atoms with E-state index < -0.39 is 0 Å². The van der Waals surface area contributed by atoms with Crippen molar-refractivity contribution in [3.05, 3.63) is 26.5 Å². The molecule has 1 aromatic carbocycles. The second kappa shape index (κ2) is 5.54. The first-order valence-electron chi connectivity index (χ1n) is 6.74. The van der Waals surface area contributed by atoms with Crippen LogP contribution in [0.15, 0.2) is 18.2 Å². The Morgan fingerprint density at radius 3 is 2.89 bits per heavy atom. The average Bonchev–Trinajstić information content (AvgIpc) is 2.54. The number of rotatable bonds is 1. The first-order chi connectivity index (χ1) is 9.16. The number of aliphatic hydroxyl groups is 1. The van der Waals surface area contributed by atoms with E-state index in [2.05, 4.69) is 50.3 Å². The molecule has 0 spiro atoms. The molecule has 0 radical (unpaired) electrons. The van der Waals surface area contributed by atoms with E-state index >= 15 is 0 Å². The SMILES string of the molecule is OC1CCCCCC1n1c(=S)[nH]c2cc(I)ccc21. The second-order valence-electron chi connectivity index (χ2n) is 5.23. The minimum atomic E-state index is -0.285. The number of hydrogen-bond donors (Lipinski definition) is 2. The summed E-state index contributed by atoms with van der Waals surface area (Å²) in [7, 11) is 0. The monoisotopic (exact) mass is 388 g/mol. The fourth-order valence-corrected chi connectivity index (χ4v) is 3.84. The summed E-state index contributed by atoms with van der Waals surface area (Å²) in [5.41, 5.74) is 2.17. The Labute approximate surface area is 131 Å². The van der Waals surface area contributed by atoms with Crippen LogP contribution in [0.25, 0.3) is 11.0 Å². The number of imidazole rings is 1. The van der Waals surface area contributed by atoms with E-state index in [-0.39, 0.29) is 12.1 Å². The van der Waals surface area contributed by atoms with Crippen LogP contribution in [-0.4, -0.2) is 20.8 Å². The molecular formula is C14H17IN2OS. The van der Waals surface area contributed by atoms with E-state index in [1.54, 1.807) is 0 Å². The van der Waals surface area contributed by atoms with Gasteiger partial charge in [-0.1, -0.05) is 19.3 Å². The first-order valence-corrected chi connectivity index (χ1v) is 8.23. The summed E-state index contributed by atoms with van der Waals surface area (Å²) in [6.45, 7) is 0. The Morgan fingerprint density at radius 1 is 1.26 bits per heavy atom. The second-order valence-corrected chi connectivity index (χ2v) is 6.87. The molecule has 1 heterocycles. The standard InChI is InChI=1S/C14H17IN2OS/c15-9-6-7-11-10(8-9)16-14(19)17(11)12-4-2-1-3-5-13(12)18/h6-8,12-13,18H,1-5H2,(H,16,19). The molecule has 1 aliphatic rings. The number of H-pyrrole nitrogens is 1. The maximum Gasteiger partial charge on any atom is 0.178 e. The highest BCUT2D eigenvalue weighted by molar-refractivity contribution is 14.1. The normalized spacial score (nSPS) is 24.5. The zero-order chi connectivity index (χ0) is 13.4. The lowest BCUT2D eigenvalue weighted by Gasteiger charge is -2.22. The smallest absolute Gasteiger partial charge is 0.178 e. The minimum absolute atomic E-state index is 0.115. The molecule has 1 aliphatic carbocycles. The van der Waals surface area contributed by atoms with Crippen LogP contribution >= 0.6 is 34.8 Å². The Morgan fingerprint density at radius 2 is 2.05 bits per heavy atom. The molecule has 2 N–H and O–H groups in total. The van der Waals surface area contributed by atoms with Gasteiger partial charge in [0.25, 0.3) is 0 Å². The summed E-state index contributed by atoms with van der Waals surface area (Å²) in [5, 5.41) is 10.4. The van der Waals surface area contributed by atoms with Crippen molar-refractivity contribution in [3.8, 4) is 0 Å². The van der Waals surface area contributed by atoms with Gasteiger partial charge in [-0.3, -0.25) is 0 Å². The van der Waals surface area contributed by atoms with Gasteiger partial charge in [0.2, 0.25) is 0 Å². The molecule has 1 saturated carbocycles. The highest BCUT2D eigenvalue weighted by Crippen LogP contribution is 2.31. The maximum absolute atomic E-state index is 10.4. The number of hydrogen-bond acceptors (Lipinski definition) is 2. The van der Waals surface area contributed by atoms with Crippen molar-refractivity contribution in [1.82, 2.24) is 9.55 Å². The molecular weight excluding hydrogens is 371 g/mol. The van der Waals surface area contributed by atoms with Crippen LogP contribution in [-0.2, 0) is 0 Å². The molecule has 3 nitrogen and oxygen atoms in total. The van der Waals surface area contributed by atoms with Crippen LogP contribution in [0.1, 0.15) is 38.1 Å². The van der Waals surface area contributed by atoms with E-state index in [0.29, 0.717) is 0 Å². The highest BCUT2D eigenvalue weighted by atomic mass is 127. The molecule has 102 valence electrons. The number of nitrogens with one attached hydrogen (secondary N) is 1. The van der Waals surface area contributed by atoms with Gasteiger partial charge in [0, 0.05) is 3.57 Å². The van der Waals surface area contributed by atoms with Crippen LogP contribution in [0.4, 0.5) is 0 Å². The number of fused-ring (bicyclic) bond motifs is 1. The summed E-state index contributed by atoms with van der Waals surface area (Å²) in [5.74, 6) is 0. The molecule has 3 rings (SSSR count). The van der Waals surface area contributed by atoms with Crippen molar-refractivity contribution in [1.29, 1.82) is 0 Å². The van der Waals surface area contributed by atoms with E-state index in [1.807, 2.05) is 0 Å². The Bertz CT molecular complexity index is 648. The molecule has 5 heteroatoms. The van der Waals surface area contributed by atoms with Crippen molar-refractivity contribution in [2.75, 3.05) is 0 Å². The van der Waals surface area contributed by atoms with Crippen LogP contribution in [0.3, 0.4) is 0 Å². The largest absolute Gasteiger partial charge is 0.391 e. The maximum atomic E-state index is 10.4. The van der Waals surface area contributed by atoms with Gasteiger partial charge < -0.3 is 14.7 Å². The van der Waals surface area contributed by atoms with Gasteiger partial charge in [0.15, 0.2) is 4.77 Å². The predicted molar refractivity (Wildman–Crippen MR) is 88.0 cm³/mol. The van der Waals surface area contributed by atoms with Crippen molar-refractivity contribution in [3.63, 3.8) is 0 Å². The summed E-state index contributed by atoms with van der Waals surface area (Å²) >= 11 is 7.77. The number of nitrogens with zero attached hydrogens (tertiary/aromatic N) is 1. The van der Waals surface area contributed by atoms with Crippen molar-refractivity contribution < 1.29 is 5.11 Å². The minimum Gasteiger partial charge on any atom is -0.391 e. The van der Waals surface area contributed by atoms with E-state index in [0.717, 1.165) is 35.1 Å². The van der Waals surface area contributed by atoms with E-state index in [4.69, 9.17) is 12.2 Å². The molecule has 1 fully saturated rings. The Hall–Kier alpha value is -0.400. The van der Waals surface area contributed by atoms with Gasteiger partial charge in [0.05, 0.1) is 23.2 Å². The zero-order valence-corrected chi connectivity index (χ0v) is 13.6. The van der Waals surface area contributed by atoms with E-state index in [9.17, 15) is 5.11 Å². The fraction of sp³-hybridized carbons (Fsp3) is 0.500. The molecule has 2 atom stereocenters. The number of aromatic amines is 1. The molecule has 2 aromatic rings. The summed E-state index contributed by atoms with van der Waals surface area (Å²) < 4.78 is 4.04. The highest BCUT2D eigenvalue weighted by Gasteiger charge is 2.25. The zero-order valence-electron chi connectivity index (χ0n) is 10.6. The molecule has 0 bridgehead atoms. The number of halogens is 1. The third-order valence-corrected chi connectivity index (χ3v) is 4.92. The third-order valence-electron chi connectivity index (χ3n) is 3.95. The fourth-order valence-electron chi connectivity index (χ4n) is 3.00. The third kappa shape index (κ3) is 2.60. The molecule has 19 heavy (non-hydrogen) atoms. The van der Waals surface area contributed by atoms with Crippen LogP contribution in [0.2, 0.25) is 0 Å². The lowest BCUT2D eigenvalue weighted by molar-refractivity contribution is 0.107. The molecule has 0 saturated heterocycles. The summed E-state index contributed by atoms with van der Waals surface area (Å²) in [6.07, 6.45) is 5.10. The quantitative estimate of drug-likeness (QED) is 0.438. The molecule has 0 aliphatic heterocycles. The van der Waals surface area contributed by atoms with Crippen LogP contribution in [0, 0.1) is 8.34 Å². The van der Waals surface area contributed by atoms with E-state index in [1.165, 1.54) is 16.4 Å². The molecule has 0 amide bonds. The van der Waals surface area contributed by atoms with Crippen molar-refractivity contribution >= 4 is 45.8 Å². The van der Waals surface area contributed by atoms with Crippen molar-refractivity contribution in [2.45, 2.75) is 44.2 Å². The van der Waals surface area contributed by atoms with Gasteiger partial charge in [-0.15, -0.1) is 0 Å². The van der Waals surface area contributed by atoms with Gasteiger partial charge in [-0.2, -0.15) is 0 Å². The Balaban J connectivity index is 2.13. The predicted octanol–water partition coefficient (Wildman–Crippen LogP) is 4.17. The first kappa shape index (κ1) is 13.6. The lowest BCUT2D eigenvalue weighted by atomic mass is 10.1. The molecule has 2 unspecified atom stereocenters. The van der Waals surface area contributed by atoms with Gasteiger partial charge in [-0.05, 0) is 65.8 Å². The average molecular weight is 388 g/mol. The van der Waals surface area contributed by atoms with Crippen LogP contribution in [0.5, 0.6) is 0 Å². The Kier molecular flexibility index (Phi) is 3.96. The topological polar surface area (TPSA) is 41.0 Å². The van der Waals surface area contributed by atoms with Gasteiger partial charge >= 0.3 is 0 Å². The molecule has 1 aromatic heterocycles. The van der Waals surface area contributed by atoms with Gasteiger partial charge in [0.1, 0.15) is 0 Å². The van der Waals surface area contributed by atoms with Gasteiger partial charge in [-0.25, -0.2) is 0 Å². The number of aromatic nitrogens is 2. The van der Waals surface area contributed by atoms with Crippen molar-refractivity contribution in [2.24, 2.45) is 0 Å². The summed E-state index contributed by atoms with van der Waals surface area (Å²) in [4.78, 5) is 3.27. The number of aliphatic hydroxyl groups excluding tert-OH is 1. The van der Waals surface area contributed by atoms with Crippen LogP contribution < -0.4 is 0 Å². The lowest BCUT2D eigenvalue weighted by Crippen LogP contribution is -2.23. The number of benzene rings is 1.